The molecule has 1 aliphatic carbocycles. The Morgan fingerprint density at radius 1 is 0.682 bits per heavy atom. The molecule has 0 heterocycles. The van der Waals surface area contributed by atoms with Crippen LogP contribution in [-0.2, 0) is 24.0 Å². The Morgan fingerprint density at radius 2 is 1.20 bits per heavy atom. The summed E-state index contributed by atoms with van der Waals surface area (Å²) in [6.45, 7) is 1.08. The predicted molar refractivity (Wildman–Crippen MR) is 156 cm³/mol. The van der Waals surface area contributed by atoms with Crippen molar-refractivity contribution in [3.8, 4) is 0 Å². The summed E-state index contributed by atoms with van der Waals surface area (Å²) in [5.74, 6) is -4.46. The van der Waals surface area contributed by atoms with Crippen molar-refractivity contribution in [3.05, 3.63) is 0 Å². The number of hydrogen-bond acceptors (Lipinski definition) is 8. The van der Waals surface area contributed by atoms with Gasteiger partial charge in [0, 0.05) is 25.4 Å². The minimum absolute atomic E-state index is 0.0238. The van der Waals surface area contributed by atoms with Crippen LogP contribution < -0.4 is 38.1 Å². The van der Waals surface area contributed by atoms with E-state index in [1.165, 1.54) is 0 Å². The Bertz CT molecular complexity index is 988. The number of primary amides is 1. The Hall–Kier alpha value is -4.15. The Balaban J connectivity index is 2.58. The molecule has 1 rings (SSSR count). The molecular formula is C27H47N7O10. The van der Waals surface area contributed by atoms with Gasteiger partial charge in [-0.15, -0.1) is 0 Å². The first-order valence-electron chi connectivity index (χ1n) is 14.9. The first kappa shape index (κ1) is 37.9. The Kier molecular flexibility index (Phi) is 17.8. The molecule has 1 aliphatic rings. The topological polar surface area (TPSA) is 292 Å². The van der Waals surface area contributed by atoms with E-state index >= 15 is 0 Å². The average molecular weight is 630 g/mol. The average Bonchev–Trinajstić information content (AvgIpc) is 2.96. The number of nitrogens with one attached hydrogen (secondary N) is 5. The standard InChI is InChI=1S/C27H47N7O10/c28-15-16-7-9-17(10-8-16)22(37)32-18(5-1-4-14-31-26(29)43)23(38)30-13-3-2-6-19(24(39)40)33-27(44)34-20(25(41)42)11-12-21(35)36/h16-20H,1-15,28H2,(H,30,38)(H,32,37)(H,35,36)(H,39,40)(H,41,42)(H3,29,31,43)(H2,33,34,44)/t16?,17?,18-,19-,20-/m0/s1. The summed E-state index contributed by atoms with van der Waals surface area (Å²) >= 11 is 0. The fraction of sp³-hybridized carbons (Fsp3) is 0.741. The highest BCUT2D eigenvalue weighted by molar-refractivity contribution is 5.88. The van der Waals surface area contributed by atoms with Gasteiger partial charge in [0.05, 0.1) is 0 Å². The molecule has 44 heavy (non-hydrogen) atoms. The van der Waals surface area contributed by atoms with Gasteiger partial charge >= 0.3 is 30.0 Å². The molecule has 1 saturated carbocycles. The van der Waals surface area contributed by atoms with Crippen molar-refractivity contribution in [2.24, 2.45) is 23.3 Å². The third kappa shape index (κ3) is 15.9. The van der Waals surface area contributed by atoms with Crippen molar-refractivity contribution in [2.75, 3.05) is 19.6 Å². The largest absolute Gasteiger partial charge is 0.481 e. The normalized spacial score (nSPS) is 18.1. The second-order valence-electron chi connectivity index (χ2n) is 10.9. The van der Waals surface area contributed by atoms with Crippen LogP contribution in [0.25, 0.3) is 0 Å². The van der Waals surface area contributed by atoms with Crippen LogP contribution in [-0.4, -0.2) is 94.9 Å². The lowest BCUT2D eigenvalue weighted by molar-refractivity contribution is -0.141. The number of carbonyl (C=O) groups excluding carboxylic acids is 4. The first-order chi connectivity index (χ1) is 20.8. The molecular weight excluding hydrogens is 582 g/mol. The molecule has 0 unspecified atom stereocenters. The molecule has 0 spiro atoms. The number of unbranched alkanes of at least 4 members (excludes halogenated alkanes) is 2. The maximum absolute atomic E-state index is 13.0. The number of carbonyl (C=O) groups is 7. The maximum atomic E-state index is 13.0. The zero-order valence-corrected chi connectivity index (χ0v) is 24.8. The van der Waals surface area contributed by atoms with Crippen LogP contribution in [0.3, 0.4) is 0 Å². The highest BCUT2D eigenvalue weighted by atomic mass is 16.4. The molecule has 12 N–H and O–H groups in total. The first-order valence-corrected chi connectivity index (χ1v) is 14.9. The highest BCUT2D eigenvalue weighted by Gasteiger charge is 2.29. The number of urea groups is 2. The molecule has 0 aliphatic heterocycles. The summed E-state index contributed by atoms with van der Waals surface area (Å²) in [5, 5.41) is 39.6. The van der Waals surface area contributed by atoms with Gasteiger partial charge in [-0.2, -0.15) is 0 Å². The quantitative estimate of drug-likeness (QED) is 0.0717. The number of nitrogens with two attached hydrogens (primary N) is 2. The van der Waals surface area contributed by atoms with E-state index in [4.69, 9.17) is 21.7 Å². The van der Waals surface area contributed by atoms with Crippen LogP contribution in [0.15, 0.2) is 0 Å². The molecule has 0 saturated heterocycles. The Morgan fingerprint density at radius 3 is 1.70 bits per heavy atom. The summed E-state index contributed by atoms with van der Waals surface area (Å²) < 4.78 is 0. The number of carboxylic acid groups (broad SMARTS) is 3. The van der Waals surface area contributed by atoms with Gasteiger partial charge in [0.2, 0.25) is 11.8 Å². The molecule has 0 aromatic carbocycles. The molecule has 1 fully saturated rings. The summed E-state index contributed by atoms with van der Waals surface area (Å²) in [6.07, 6.45) is 4.23. The van der Waals surface area contributed by atoms with Gasteiger partial charge in [-0.05, 0) is 83.1 Å². The lowest BCUT2D eigenvalue weighted by atomic mass is 9.81. The lowest BCUT2D eigenvalue weighted by Crippen LogP contribution is -2.51. The minimum Gasteiger partial charge on any atom is -0.481 e. The maximum Gasteiger partial charge on any atom is 0.326 e. The van der Waals surface area contributed by atoms with Crippen LogP contribution in [0.2, 0.25) is 0 Å². The van der Waals surface area contributed by atoms with Gasteiger partial charge in [-0.25, -0.2) is 19.2 Å². The van der Waals surface area contributed by atoms with Crippen LogP contribution in [0.1, 0.15) is 77.0 Å². The third-order valence-corrected chi connectivity index (χ3v) is 7.48. The number of carboxylic acids is 3. The van der Waals surface area contributed by atoms with Crippen molar-refractivity contribution in [1.82, 2.24) is 26.6 Å². The molecule has 17 nitrogen and oxygen atoms in total. The fourth-order valence-electron chi connectivity index (χ4n) is 4.85. The van der Waals surface area contributed by atoms with Crippen LogP contribution >= 0.6 is 0 Å². The van der Waals surface area contributed by atoms with E-state index in [1.807, 2.05) is 0 Å². The van der Waals surface area contributed by atoms with Crippen molar-refractivity contribution in [2.45, 2.75) is 95.2 Å². The third-order valence-electron chi connectivity index (χ3n) is 7.48. The van der Waals surface area contributed by atoms with E-state index in [2.05, 4.69) is 26.6 Å². The van der Waals surface area contributed by atoms with Gasteiger partial charge in [-0.1, -0.05) is 0 Å². The zero-order valence-electron chi connectivity index (χ0n) is 24.8. The van der Waals surface area contributed by atoms with Gasteiger partial charge in [0.15, 0.2) is 0 Å². The van der Waals surface area contributed by atoms with Gasteiger partial charge < -0.3 is 53.4 Å². The van der Waals surface area contributed by atoms with Crippen molar-refractivity contribution < 1.29 is 48.9 Å². The smallest absolute Gasteiger partial charge is 0.326 e. The molecule has 0 aromatic heterocycles. The van der Waals surface area contributed by atoms with Gasteiger partial charge in [0.1, 0.15) is 18.1 Å². The second kappa shape index (κ2) is 20.7. The SMILES string of the molecule is NCC1CCC(C(=O)N[C@@H](CCCCNC(N)=O)C(=O)NCCCC[C@H](NC(=O)N[C@@H](CCC(=O)O)C(=O)O)C(=O)O)CC1. The monoisotopic (exact) mass is 629 g/mol. The summed E-state index contributed by atoms with van der Waals surface area (Å²) in [4.78, 5) is 82.4. The van der Waals surface area contributed by atoms with E-state index in [9.17, 15) is 38.7 Å². The molecule has 17 heteroatoms. The molecule has 250 valence electrons. The fourth-order valence-corrected chi connectivity index (χ4v) is 4.85. The van der Waals surface area contributed by atoms with E-state index in [0.717, 1.165) is 12.8 Å². The van der Waals surface area contributed by atoms with Gasteiger partial charge in [0.25, 0.3) is 0 Å². The Labute approximate surface area is 255 Å². The molecule has 3 atom stereocenters. The molecule has 6 amide bonds. The predicted octanol–water partition coefficient (Wildman–Crippen LogP) is -0.568. The van der Waals surface area contributed by atoms with Crippen molar-refractivity contribution in [3.63, 3.8) is 0 Å². The van der Waals surface area contributed by atoms with E-state index in [0.29, 0.717) is 57.5 Å². The van der Waals surface area contributed by atoms with E-state index in [1.54, 1.807) is 0 Å². The van der Waals surface area contributed by atoms with E-state index in [-0.39, 0.29) is 37.6 Å². The van der Waals surface area contributed by atoms with Crippen LogP contribution in [0, 0.1) is 11.8 Å². The lowest BCUT2D eigenvalue weighted by Gasteiger charge is -2.28. The summed E-state index contributed by atoms with van der Waals surface area (Å²) in [6, 6.07) is -5.38. The number of aliphatic carboxylic acids is 3. The van der Waals surface area contributed by atoms with Crippen molar-refractivity contribution in [1.29, 1.82) is 0 Å². The van der Waals surface area contributed by atoms with Gasteiger partial charge in [-0.3, -0.25) is 14.4 Å². The van der Waals surface area contributed by atoms with Crippen molar-refractivity contribution >= 4 is 41.8 Å². The van der Waals surface area contributed by atoms with E-state index < -0.39 is 60.4 Å². The molecule has 0 bridgehead atoms. The minimum atomic E-state index is -1.51. The second-order valence-corrected chi connectivity index (χ2v) is 10.9. The number of rotatable bonds is 21. The highest BCUT2D eigenvalue weighted by Crippen LogP contribution is 2.28. The number of amides is 6. The summed E-state index contributed by atoms with van der Waals surface area (Å²) in [5.41, 5.74) is 10.8. The summed E-state index contributed by atoms with van der Waals surface area (Å²) in [7, 11) is 0. The van der Waals surface area contributed by atoms with Crippen LogP contribution in [0.5, 0.6) is 0 Å². The number of hydrogen-bond donors (Lipinski definition) is 10. The van der Waals surface area contributed by atoms with Crippen LogP contribution in [0.4, 0.5) is 9.59 Å². The molecule has 0 radical (unpaired) electrons. The zero-order chi connectivity index (χ0) is 33.1. The molecule has 0 aromatic rings.